The van der Waals surface area contributed by atoms with Crippen LogP contribution in [0.5, 0.6) is 0 Å². The molecule has 37 heavy (non-hydrogen) atoms. The van der Waals surface area contributed by atoms with E-state index >= 15 is 0 Å². The average molecular weight is 512 g/mol. The second kappa shape index (κ2) is 11.4. The maximum atomic E-state index is 14.8. The Morgan fingerprint density at radius 1 is 1.11 bits per heavy atom. The number of hydrogen-bond donors (Lipinski definition) is 4. The van der Waals surface area contributed by atoms with Gasteiger partial charge in [-0.3, -0.25) is 4.99 Å². The average Bonchev–Trinajstić information content (AvgIpc) is 2.85. The first-order chi connectivity index (χ1) is 17.5. The molecule has 11 heteroatoms. The standard InChI is InChI=1S/C26H25F4N7/c1-5-15(2)34-19-10-11-21(27)22(12-19)35-24-20(17-6-8-18(9-7-17)26(28,29)30)13-33-25(37-24)36-23(14-32-4)16(3)31/h5-14,34H,1-2,31H2,3-4H3,(H2,33,35,36,37)/b23-16+,32-14?. The van der Waals surface area contributed by atoms with Gasteiger partial charge in [-0.1, -0.05) is 25.3 Å². The van der Waals surface area contributed by atoms with Crippen LogP contribution in [-0.4, -0.2) is 23.2 Å². The lowest BCUT2D eigenvalue weighted by molar-refractivity contribution is -0.137. The van der Waals surface area contributed by atoms with Gasteiger partial charge < -0.3 is 21.7 Å². The van der Waals surface area contributed by atoms with Gasteiger partial charge in [0.25, 0.3) is 0 Å². The summed E-state index contributed by atoms with van der Waals surface area (Å²) >= 11 is 0. The Morgan fingerprint density at radius 3 is 2.41 bits per heavy atom. The summed E-state index contributed by atoms with van der Waals surface area (Å²) in [5, 5.41) is 8.83. The normalized spacial score (nSPS) is 12.2. The van der Waals surface area contributed by atoms with E-state index in [9.17, 15) is 17.6 Å². The van der Waals surface area contributed by atoms with Gasteiger partial charge in [0.2, 0.25) is 5.95 Å². The Morgan fingerprint density at radius 2 is 1.81 bits per heavy atom. The van der Waals surface area contributed by atoms with Gasteiger partial charge in [0.15, 0.2) is 0 Å². The zero-order valence-electron chi connectivity index (χ0n) is 20.1. The van der Waals surface area contributed by atoms with Gasteiger partial charge in [-0.05, 0) is 48.9 Å². The molecule has 0 aliphatic rings. The molecule has 0 bridgehead atoms. The summed E-state index contributed by atoms with van der Waals surface area (Å²) in [7, 11) is 1.57. The first-order valence-corrected chi connectivity index (χ1v) is 10.9. The minimum Gasteiger partial charge on any atom is -0.401 e. The monoisotopic (exact) mass is 511 g/mol. The Bertz CT molecular complexity index is 1360. The van der Waals surface area contributed by atoms with Crippen LogP contribution in [0.3, 0.4) is 0 Å². The summed E-state index contributed by atoms with van der Waals surface area (Å²) in [5.41, 5.74) is 7.76. The van der Waals surface area contributed by atoms with E-state index in [0.717, 1.165) is 12.1 Å². The van der Waals surface area contributed by atoms with Gasteiger partial charge in [0.05, 0.1) is 16.9 Å². The Labute approximate surface area is 211 Å². The molecule has 192 valence electrons. The molecule has 1 heterocycles. The summed E-state index contributed by atoms with van der Waals surface area (Å²) in [5.74, 6) is -0.344. The van der Waals surface area contributed by atoms with Crippen molar-refractivity contribution < 1.29 is 17.6 Å². The van der Waals surface area contributed by atoms with Crippen molar-refractivity contribution in [2.75, 3.05) is 23.0 Å². The Hall–Kier alpha value is -4.67. The maximum absolute atomic E-state index is 14.8. The molecule has 0 aliphatic heterocycles. The summed E-state index contributed by atoms with van der Waals surface area (Å²) in [6.07, 6.45) is -0.0888. The smallest absolute Gasteiger partial charge is 0.401 e. The van der Waals surface area contributed by atoms with Crippen molar-refractivity contribution in [2.45, 2.75) is 13.1 Å². The van der Waals surface area contributed by atoms with E-state index in [1.807, 2.05) is 0 Å². The number of alkyl halides is 3. The molecule has 1 aromatic heterocycles. The molecule has 5 N–H and O–H groups in total. The van der Waals surface area contributed by atoms with E-state index in [2.05, 4.69) is 44.1 Å². The van der Waals surface area contributed by atoms with Crippen LogP contribution < -0.4 is 21.7 Å². The topological polar surface area (TPSA) is 100 Å². The van der Waals surface area contributed by atoms with Crippen molar-refractivity contribution in [3.8, 4) is 11.1 Å². The zero-order valence-corrected chi connectivity index (χ0v) is 20.1. The highest BCUT2D eigenvalue weighted by atomic mass is 19.4. The summed E-state index contributed by atoms with van der Waals surface area (Å²) in [6.45, 7) is 9.05. The third kappa shape index (κ3) is 6.94. The van der Waals surface area contributed by atoms with Crippen molar-refractivity contribution in [2.24, 2.45) is 10.7 Å². The summed E-state index contributed by atoms with van der Waals surface area (Å²) < 4.78 is 53.9. The number of benzene rings is 2. The SMILES string of the molecule is C=CC(=C)Nc1ccc(F)c(Nc2nc(N/C(C=NC)=C(\C)N)ncc2-c2ccc(C(F)(F)F)cc2)c1. The lowest BCUT2D eigenvalue weighted by atomic mass is 10.1. The van der Waals surface area contributed by atoms with Gasteiger partial charge in [-0.15, -0.1) is 0 Å². The van der Waals surface area contributed by atoms with Gasteiger partial charge in [-0.25, -0.2) is 9.37 Å². The van der Waals surface area contributed by atoms with Crippen molar-refractivity contribution in [1.29, 1.82) is 0 Å². The summed E-state index contributed by atoms with van der Waals surface area (Å²) in [4.78, 5) is 12.6. The van der Waals surface area contributed by atoms with Crippen LogP contribution in [0.4, 0.5) is 40.7 Å². The molecule has 0 unspecified atom stereocenters. The first kappa shape index (κ1) is 26.9. The molecule has 7 nitrogen and oxygen atoms in total. The molecule has 3 rings (SSSR count). The van der Waals surface area contributed by atoms with Crippen LogP contribution in [-0.2, 0) is 6.18 Å². The molecule has 0 amide bonds. The van der Waals surface area contributed by atoms with Crippen LogP contribution in [0.1, 0.15) is 12.5 Å². The molecule has 0 saturated heterocycles. The zero-order chi connectivity index (χ0) is 27.2. The molecule has 0 saturated carbocycles. The lowest BCUT2D eigenvalue weighted by Crippen LogP contribution is -2.12. The number of aromatic nitrogens is 2. The molecular formula is C26H25F4N7. The Kier molecular flexibility index (Phi) is 8.28. The van der Waals surface area contributed by atoms with E-state index in [-0.39, 0.29) is 17.5 Å². The first-order valence-electron chi connectivity index (χ1n) is 10.9. The molecule has 3 aromatic rings. The highest BCUT2D eigenvalue weighted by Gasteiger charge is 2.30. The van der Waals surface area contributed by atoms with Gasteiger partial charge in [0.1, 0.15) is 11.6 Å². The summed E-state index contributed by atoms with van der Waals surface area (Å²) in [6, 6.07) is 8.75. The minimum absolute atomic E-state index is 0.0561. The van der Waals surface area contributed by atoms with Crippen LogP contribution >= 0.6 is 0 Å². The van der Waals surface area contributed by atoms with E-state index in [4.69, 9.17) is 5.73 Å². The number of aliphatic imine (C=N–C) groups is 1. The quantitative estimate of drug-likeness (QED) is 0.149. The predicted octanol–water partition coefficient (Wildman–Crippen LogP) is 6.46. The fraction of sp³-hybridized carbons (Fsp3) is 0.115. The van der Waals surface area contributed by atoms with Crippen molar-refractivity contribution in [3.63, 3.8) is 0 Å². The van der Waals surface area contributed by atoms with E-state index in [1.165, 1.54) is 48.8 Å². The fourth-order valence-electron chi connectivity index (χ4n) is 3.13. The fourth-order valence-corrected chi connectivity index (χ4v) is 3.13. The number of allylic oxidation sites excluding steroid dienone is 3. The Balaban J connectivity index is 2.08. The molecular weight excluding hydrogens is 486 g/mol. The van der Waals surface area contributed by atoms with Crippen molar-refractivity contribution in [3.05, 3.63) is 96.4 Å². The highest BCUT2D eigenvalue weighted by molar-refractivity contribution is 5.84. The minimum atomic E-state index is -4.49. The molecule has 0 radical (unpaired) electrons. The van der Waals surface area contributed by atoms with Crippen molar-refractivity contribution >= 4 is 29.4 Å². The molecule has 0 fully saturated rings. The number of anilines is 4. The van der Waals surface area contributed by atoms with Gasteiger partial charge in [0, 0.05) is 42.1 Å². The number of nitrogens with zero attached hydrogens (tertiary/aromatic N) is 3. The number of halogens is 4. The van der Waals surface area contributed by atoms with Crippen LogP contribution in [0.15, 0.2) is 90.0 Å². The van der Waals surface area contributed by atoms with Gasteiger partial charge in [-0.2, -0.15) is 18.2 Å². The maximum Gasteiger partial charge on any atom is 0.416 e. The third-order valence-electron chi connectivity index (χ3n) is 5.01. The van der Waals surface area contributed by atoms with E-state index in [1.54, 1.807) is 14.0 Å². The highest BCUT2D eigenvalue weighted by Crippen LogP contribution is 2.34. The molecule has 0 spiro atoms. The number of nitrogens with two attached hydrogens (primary N) is 1. The van der Waals surface area contributed by atoms with Crippen LogP contribution in [0.2, 0.25) is 0 Å². The third-order valence-corrected chi connectivity index (χ3v) is 5.01. The predicted molar refractivity (Wildman–Crippen MR) is 140 cm³/mol. The molecule has 0 atom stereocenters. The van der Waals surface area contributed by atoms with Crippen LogP contribution in [0.25, 0.3) is 11.1 Å². The van der Waals surface area contributed by atoms with Crippen molar-refractivity contribution in [1.82, 2.24) is 9.97 Å². The van der Waals surface area contributed by atoms with E-state index in [0.29, 0.717) is 33.9 Å². The number of hydrogen-bond acceptors (Lipinski definition) is 7. The molecule has 2 aromatic carbocycles. The second-order valence-corrected chi connectivity index (χ2v) is 7.81. The van der Waals surface area contributed by atoms with Gasteiger partial charge >= 0.3 is 6.18 Å². The van der Waals surface area contributed by atoms with Crippen LogP contribution in [0, 0.1) is 5.82 Å². The largest absolute Gasteiger partial charge is 0.416 e. The van der Waals surface area contributed by atoms with E-state index < -0.39 is 17.6 Å². The number of rotatable bonds is 9. The lowest BCUT2D eigenvalue weighted by Gasteiger charge is -2.16. The molecule has 0 aliphatic carbocycles. The number of nitrogens with one attached hydrogen (secondary N) is 3. The second-order valence-electron chi connectivity index (χ2n) is 7.81.